The summed E-state index contributed by atoms with van der Waals surface area (Å²) in [7, 11) is 0. The molecule has 0 spiro atoms. The maximum absolute atomic E-state index is 8.71. The molecule has 0 aromatic heterocycles. The van der Waals surface area contributed by atoms with Crippen molar-refractivity contribution >= 4 is 24.8 Å². The highest BCUT2D eigenvalue weighted by Gasteiger charge is 2.07. The van der Waals surface area contributed by atoms with Crippen LogP contribution in [0.25, 0.3) is 0 Å². The van der Waals surface area contributed by atoms with Gasteiger partial charge in [0.2, 0.25) is 0 Å². The van der Waals surface area contributed by atoms with Crippen LogP contribution < -0.4 is 10.6 Å². The number of hydrogen-bond donors (Lipinski definition) is 3. The van der Waals surface area contributed by atoms with Gasteiger partial charge in [0.15, 0.2) is 0 Å². The van der Waals surface area contributed by atoms with Crippen LogP contribution in [0, 0.1) is 0 Å². The maximum Gasteiger partial charge on any atom is 0.0597 e. The molecule has 0 amide bonds. The van der Waals surface area contributed by atoms with E-state index in [1.54, 1.807) is 0 Å². The molecule has 11 heavy (non-hydrogen) atoms. The molecule has 5 heteroatoms. The zero-order chi connectivity index (χ0) is 6.53. The molecular weight excluding hydrogens is 187 g/mol. The molecule has 1 rings (SSSR count). The molecule has 0 aliphatic carbocycles. The fourth-order valence-electron chi connectivity index (χ4n) is 0.997. The lowest BCUT2D eigenvalue weighted by atomic mass is 10.3. The third kappa shape index (κ3) is 5.70. The molecule has 1 fully saturated rings. The van der Waals surface area contributed by atoms with Crippen molar-refractivity contribution in [1.82, 2.24) is 10.6 Å². The Bertz CT molecular complexity index is 77.0. The van der Waals surface area contributed by atoms with E-state index in [9.17, 15) is 0 Å². The van der Waals surface area contributed by atoms with Gasteiger partial charge in [0.05, 0.1) is 6.61 Å². The summed E-state index contributed by atoms with van der Waals surface area (Å²) in [5.74, 6) is 0. The second kappa shape index (κ2) is 8.56. The molecule has 1 atom stereocenters. The minimum Gasteiger partial charge on any atom is -0.395 e. The summed E-state index contributed by atoms with van der Waals surface area (Å²) in [4.78, 5) is 0. The molecule has 1 aliphatic heterocycles. The topological polar surface area (TPSA) is 44.3 Å². The van der Waals surface area contributed by atoms with E-state index in [1.807, 2.05) is 0 Å². The Morgan fingerprint density at radius 2 is 2.00 bits per heavy atom. The van der Waals surface area contributed by atoms with Crippen LogP contribution in [-0.2, 0) is 0 Å². The molecule has 3 nitrogen and oxygen atoms in total. The van der Waals surface area contributed by atoms with Crippen molar-refractivity contribution in [1.29, 1.82) is 0 Å². The first-order valence-electron chi connectivity index (χ1n) is 3.48. The molecule has 1 heterocycles. The van der Waals surface area contributed by atoms with Gasteiger partial charge in [-0.15, -0.1) is 24.8 Å². The quantitative estimate of drug-likeness (QED) is 0.551. The van der Waals surface area contributed by atoms with E-state index in [4.69, 9.17) is 5.11 Å². The van der Waals surface area contributed by atoms with Crippen molar-refractivity contribution in [2.24, 2.45) is 0 Å². The third-order valence-electron chi connectivity index (χ3n) is 1.57. The first-order valence-corrected chi connectivity index (χ1v) is 3.48. The van der Waals surface area contributed by atoms with E-state index < -0.39 is 0 Å². The molecule has 0 aromatic carbocycles. The standard InChI is InChI=1S/C6H14N2O.2ClH/c9-5-6-4-7-2-1-3-8-6;;/h6-9H,1-5H2;2*1H/t6-;;/m1../s1. The molecule has 0 unspecified atom stereocenters. The number of hydrogen-bond acceptors (Lipinski definition) is 3. The smallest absolute Gasteiger partial charge is 0.0597 e. The summed E-state index contributed by atoms with van der Waals surface area (Å²) in [5, 5.41) is 15.2. The van der Waals surface area contributed by atoms with E-state index in [-0.39, 0.29) is 37.5 Å². The number of halogens is 2. The largest absolute Gasteiger partial charge is 0.395 e. The maximum atomic E-state index is 8.71. The van der Waals surface area contributed by atoms with Crippen LogP contribution in [0.5, 0.6) is 0 Å². The fraction of sp³-hybridized carbons (Fsp3) is 1.00. The van der Waals surface area contributed by atoms with Crippen LogP contribution in [0.2, 0.25) is 0 Å². The van der Waals surface area contributed by atoms with Gasteiger partial charge >= 0.3 is 0 Å². The summed E-state index contributed by atoms with van der Waals surface area (Å²) in [5.41, 5.74) is 0. The summed E-state index contributed by atoms with van der Waals surface area (Å²) >= 11 is 0. The lowest BCUT2D eigenvalue weighted by Crippen LogP contribution is -2.38. The van der Waals surface area contributed by atoms with Crippen LogP contribution in [0.4, 0.5) is 0 Å². The van der Waals surface area contributed by atoms with Gasteiger partial charge < -0.3 is 15.7 Å². The minimum absolute atomic E-state index is 0. The molecule has 0 saturated carbocycles. The highest BCUT2D eigenvalue weighted by Crippen LogP contribution is 1.86. The predicted octanol–water partition coefficient (Wildman–Crippen LogP) is -0.226. The van der Waals surface area contributed by atoms with E-state index >= 15 is 0 Å². The highest BCUT2D eigenvalue weighted by atomic mass is 35.5. The van der Waals surface area contributed by atoms with Gasteiger partial charge in [-0.2, -0.15) is 0 Å². The van der Waals surface area contributed by atoms with Crippen molar-refractivity contribution in [3.8, 4) is 0 Å². The Hall–Kier alpha value is 0.460. The van der Waals surface area contributed by atoms with Crippen LogP contribution in [-0.4, -0.2) is 37.4 Å². The van der Waals surface area contributed by atoms with E-state index in [2.05, 4.69) is 10.6 Å². The highest BCUT2D eigenvalue weighted by molar-refractivity contribution is 5.85. The van der Waals surface area contributed by atoms with Crippen LogP contribution in [0.15, 0.2) is 0 Å². The van der Waals surface area contributed by atoms with Gasteiger partial charge in [0.25, 0.3) is 0 Å². The van der Waals surface area contributed by atoms with Crippen LogP contribution in [0.3, 0.4) is 0 Å². The van der Waals surface area contributed by atoms with Crippen LogP contribution in [0.1, 0.15) is 6.42 Å². The van der Waals surface area contributed by atoms with Crippen molar-refractivity contribution in [2.75, 3.05) is 26.2 Å². The molecule has 0 radical (unpaired) electrons. The van der Waals surface area contributed by atoms with Crippen molar-refractivity contribution in [3.05, 3.63) is 0 Å². The second-order valence-electron chi connectivity index (χ2n) is 2.39. The van der Waals surface area contributed by atoms with Crippen molar-refractivity contribution in [3.63, 3.8) is 0 Å². The Kier molecular flexibility index (Phi) is 10.9. The first kappa shape index (κ1) is 14.0. The molecule has 1 saturated heterocycles. The normalized spacial score (nSPS) is 24.3. The lowest BCUT2D eigenvalue weighted by molar-refractivity contribution is 0.245. The summed E-state index contributed by atoms with van der Waals surface area (Å²) in [6.07, 6.45) is 1.16. The first-order chi connectivity index (χ1) is 4.43. The second-order valence-corrected chi connectivity index (χ2v) is 2.39. The Balaban J connectivity index is 0. The minimum atomic E-state index is 0. The molecule has 70 valence electrons. The predicted molar refractivity (Wildman–Crippen MR) is 50.9 cm³/mol. The molecule has 0 bridgehead atoms. The average Bonchev–Trinajstić information content (AvgIpc) is 2.13. The monoisotopic (exact) mass is 202 g/mol. The zero-order valence-corrected chi connectivity index (χ0v) is 8.01. The number of rotatable bonds is 1. The molecule has 1 aliphatic rings. The van der Waals surface area contributed by atoms with Crippen molar-refractivity contribution in [2.45, 2.75) is 12.5 Å². The Morgan fingerprint density at radius 1 is 1.27 bits per heavy atom. The van der Waals surface area contributed by atoms with E-state index in [0.717, 1.165) is 26.1 Å². The Morgan fingerprint density at radius 3 is 2.64 bits per heavy atom. The van der Waals surface area contributed by atoms with Gasteiger partial charge in [0, 0.05) is 12.6 Å². The average molecular weight is 203 g/mol. The van der Waals surface area contributed by atoms with E-state index in [0.29, 0.717) is 0 Å². The van der Waals surface area contributed by atoms with Gasteiger partial charge in [-0.1, -0.05) is 0 Å². The number of aliphatic hydroxyl groups excluding tert-OH is 1. The van der Waals surface area contributed by atoms with Gasteiger partial charge in [-0.25, -0.2) is 0 Å². The van der Waals surface area contributed by atoms with Crippen LogP contribution >= 0.6 is 24.8 Å². The fourth-order valence-corrected chi connectivity index (χ4v) is 0.997. The molecule has 3 N–H and O–H groups in total. The molecular formula is C6H16Cl2N2O. The third-order valence-corrected chi connectivity index (χ3v) is 1.57. The zero-order valence-electron chi connectivity index (χ0n) is 6.38. The summed E-state index contributed by atoms with van der Waals surface area (Å²) < 4.78 is 0. The summed E-state index contributed by atoms with van der Waals surface area (Å²) in [6.45, 7) is 3.24. The number of aliphatic hydroxyl groups is 1. The van der Waals surface area contributed by atoms with Gasteiger partial charge in [-0.3, -0.25) is 0 Å². The van der Waals surface area contributed by atoms with Gasteiger partial charge in [-0.05, 0) is 19.5 Å². The Labute approximate surface area is 79.8 Å². The summed E-state index contributed by atoms with van der Waals surface area (Å²) in [6, 6.07) is 0.271. The number of nitrogens with one attached hydrogen (secondary N) is 2. The van der Waals surface area contributed by atoms with Gasteiger partial charge in [0.1, 0.15) is 0 Å². The van der Waals surface area contributed by atoms with E-state index in [1.165, 1.54) is 0 Å². The molecule has 0 aromatic rings. The lowest BCUT2D eigenvalue weighted by Gasteiger charge is -2.10. The SMILES string of the molecule is Cl.Cl.OC[C@H]1CNCCCN1. The van der Waals surface area contributed by atoms with Crippen molar-refractivity contribution < 1.29 is 5.11 Å².